The van der Waals surface area contributed by atoms with Gasteiger partial charge in [0.1, 0.15) is 0 Å². The second-order valence-corrected chi connectivity index (χ2v) is 5.29. The van der Waals surface area contributed by atoms with E-state index in [1.54, 1.807) is 12.1 Å². The molecule has 0 saturated carbocycles. The van der Waals surface area contributed by atoms with Crippen molar-refractivity contribution in [3.8, 4) is 0 Å². The SMILES string of the molecule is CN(c1ccc(CNN)cc1)S(C)(=O)=O. The third-order valence-electron chi connectivity index (χ3n) is 2.10. The molecule has 3 N–H and O–H groups in total. The van der Waals surface area contributed by atoms with Gasteiger partial charge in [0.2, 0.25) is 10.0 Å². The van der Waals surface area contributed by atoms with Crippen molar-refractivity contribution < 1.29 is 8.42 Å². The molecule has 0 fully saturated rings. The summed E-state index contributed by atoms with van der Waals surface area (Å²) in [5, 5.41) is 0. The summed E-state index contributed by atoms with van der Waals surface area (Å²) >= 11 is 0. The number of benzene rings is 1. The molecule has 0 heterocycles. The van der Waals surface area contributed by atoms with Gasteiger partial charge >= 0.3 is 0 Å². The summed E-state index contributed by atoms with van der Waals surface area (Å²) in [6.07, 6.45) is 1.17. The summed E-state index contributed by atoms with van der Waals surface area (Å²) in [6.45, 7) is 0.558. The largest absolute Gasteiger partial charge is 0.274 e. The Morgan fingerprint density at radius 1 is 1.33 bits per heavy atom. The van der Waals surface area contributed by atoms with Crippen LogP contribution in [-0.4, -0.2) is 21.7 Å². The summed E-state index contributed by atoms with van der Waals surface area (Å²) in [5.74, 6) is 5.17. The average Bonchev–Trinajstić information content (AvgIpc) is 2.17. The molecule has 84 valence electrons. The third kappa shape index (κ3) is 3.19. The van der Waals surface area contributed by atoms with Gasteiger partial charge < -0.3 is 0 Å². The monoisotopic (exact) mass is 229 g/mol. The fourth-order valence-electron chi connectivity index (χ4n) is 1.13. The highest BCUT2D eigenvalue weighted by molar-refractivity contribution is 7.92. The van der Waals surface area contributed by atoms with Gasteiger partial charge in [0.05, 0.1) is 11.9 Å². The molecule has 0 unspecified atom stereocenters. The smallest absolute Gasteiger partial charge is 0.231 e. The molecule has 0 bridgehead atoms. The minimum absolute atomic E-state index is 0.558. The Bertz CT molecular complexity index is 413. The third-order valence-corrected chi connectivity index (χ3v) is 3.31. The van der Waals surface area contributed by atoms with E-state index < -0.39 is 10.0 Å². The highest BCUT2D eigenvalue weighted by Crippen LogP contribution is 2.15. The number of rotatable bonds is 4. The Kier molecular flexibility index (Phi) is 3.67. The number of hydrogen-bond acceptors (Lipinski definition) is 4. The Balaban J connectivity index is 2.89. The van der Waals surface area contributed by atoms with Crippen LogP contribution in [0.4, 0.5) is 5.69 Å². The van der Waals surface area contributed by atoms with Crippen LogP contribution in [0.1, 0.15) is 5.56 Å². The highest BCUT2D eigenvalue weighted by atomic mass is 32.2. The Morgan fingerprint density at radius 3 is 2.27 bits per heavy atom. The van der Waals surface area contributed by atoms with Crippen LogP contribution in [0, 0.1) is 0 Å². The predicted molar refractivity (Wildman–Crippen MR) is 60.7 cm³/mol. The summed E-state index contributed by atoms with van der Waals surface area (Å²) in [5.41, 5.74) is 4.17. The molecular formula is C9H15N3O2S. The molecule has 15 heavy (non-hydrogen) atoms. The predicted octanol–water partition coefficient (Wildman–Crippen LogP) is 0.0457. The number of nitrogens with zero attached hydrogens (tertiary/aromatic N) is 1. The van der Waals surface area contributed by atoms with Crippen molar-refractivity contribution in [2.75, 3.05) is 17.6 Å². The van der Waals surface area contributed by atoms with Gasteiger partial charge in [0, 0.05) is 13.6 Å². The minimum Gasteiger partial charge on any atom is -0.274 e. The fraction of sp³-hybridized carbons (Fsp3) is 0.333. The first kappa shape index (κ1) is 12.0. The summed E-state index contributed by atoms with van der Waals surface area (Å²) < 4.78 is 23.7. The maximum atomic E-state index is 11.2. The van der Waals surface area contributed by atoms with Crippen LogP contribution in [0.15, 0.2) is 24.3 Å². The Hall–Kier alpha value is -1.11. The molecule has 0 amide bonds. The number of hydrazine groups is 1. The topological polar surface area (TPSA) is 75.4 Å². The number of anilines is 1. The van der Waals surface area contributed by atoms with E-state index in [-0.39, 0.29) is 0 Å². The maximum absolute atomic E-state index is 11.2. The first-order chi connectivity index (χ1) is 6.95. The van der Waals surface area contributed by atoms with Crippen molar-refractivity contribution in [2.45, 2.75) is 6.54 Å². The van der Waals surface area contributed by atoms with Crippen molar-refractivity contribution in [1.82, 2.24) is 5.43 Å². The lowest BCUT2D eigenvalue weighted by atomic mass is 10.2. The summed E-state index contributed by atoms with van der Waals surface area (Å²) in [7, 11) is -1.67. The van der Waals surface area contributed by atoms with Crippen LogP contribution in [0.2, 0.25) is 0 Å². The zero-order valence-corrected chi connectivity index (χ0v) is 9.58. The average molecular weight is 229 g/mol. The molecule has 5 nitrogen and oxygen atoms in total. The van der Waals surface area contributed by atoms with Crippen molar-refractivity contribution in [2.24, 2.45) is 5.84 Å². The quantitative estimate of drug-likeness (QED) is 0.565. The van der Waals surface area contributed by atoms with E-state index in [1.807, 2.05) is 12.1 Å². The molecule has 0 aliphatic carbocycles. The Morgan fingerprint density at radius 2 is 1.87 bits per heavy atom. The molecule has 0 aromatic heterocycles. The molecule has 1 aromatic carbocycles. The van der Waals surface area contributed by atoms with Gasteiger partial charge in [-0.1, -0.05) is 12.1 Å². The van der Waals surface area contributed by atoms with Gasteiger partial charge in [-0.3, -0.25) is 15.6 Å². The first-order valence-corrected chi connectivity index (χ1v) is 6.26. The molecule has 0 atom stereocenters. The van der Waals surface area contributed by atoms with E-state index >= 15 is 0 Å². The van der Waals surface area contributed by atoms with Crippen LogP contribution >= 0.6 is 0 Å². The van der Waals surface area contributed by atoms with Crippen molar-refractivity contribution >= 4 is 15.7 Å². The molecule has 6 heteroatoms. The molecule has 1 aromatic rings. The van der Waals surface area contributed by atoms with Crippen LogP contribution in [0.25, 0.3) is 0 Å². The van der Waals surface area contributed by atoms with E-state index in [2.05, 4.69) is 5.43 Å². The molecule has 0 aliphatic heterocycles. The van der Waals surface area contributed by atoms with Gasteiger partial charge in [-0.05, 0) is 17.7 Å². The molecule has 0 saturated heterocycles. The molecule has 1 rings (SSSR count). The van der Waals surface area contributed by atoms with Crippen LogP contribution < -0.4 is 15.6 Å². The van der Waals surface area contributed by atoms with Crippen LogP contribution in [0.5, 0.6) is 0 Å². The van der Waals surface area contributed by atoms with Crippen molar-refractivity contribution in [3.05, 3.63) is 29.8 Å². The second kappa shape index (κ2) is 4.61. The van der Waals surface area contributed by atoms with Crippen LogP contribution in [-0.2, 0) is 16.6 Å². The highest BCUT2D eigenvalue weighted by Gasteiger charge is 2.10. The van der Waals surface area contributed by atoms with Gasteiger partial charge in [-0.15, -0.1) is 0 Å². The lowest BCUT2D eigenvalue weighted by Crippen LogP contribution is -2.25. The summed E-state index contributed by atoms with van der Waals surface area (Å²) in [6, 6.07) is 7.15. The molecule has 0 aliphatic rings. The first-order valence-electron chi connectivity index (χ1n) is 4.41. The Labute approximate surface area is 89.9 Å². The van der Waals surface area contributed by atoms with Gasteiger partial charge in [0.25, 0.3) is 0 Å². The van der Waals surface area contributed by atoms with E-state index in [4.69, 9.17) is 5.84 Å². The van der Waals surface area contributed by atoms with Crippen molar-refractivity contribution in [3.63, 3.8) is 0 Å². The number of nitrogens with one attached hydrogen (secondary N) is 1. The lowest BCUT2D eigenvalue weighted by molar-refractivity contribution is 0.600. The lowest BCUT2D eigenvalue weighted by Gasteiger charge is -2.16. The van der Waals surface area contributed by atoms with E-state index in [1.165, 1.54) is 17.6 Å². The van der Waals surface area contributed by atoms with E-state index in [0.29, 0.717) is 12.2 Å². The zero-order valence-electron chi connectivity index (χ0n) is 8.77. The number of nitrogens with two attached hydrogens (primary N) is 1. The molecule has 0 spiro atoms. The zero-order chi connectivity index (χ0) is 11.5. The van der Waals surface area contributed by atoms with E-state index in [9.17, 15) is 8.42 Å². The number of sulfonamides is 1. The van der Waals surface area contributed by atoms with Gasteiger partial charge in [-0.25, -0.2) is 8.42 Å². The van der Waals surface area contributed by atoms with Gasteiger partial charge in [0.15, 0.2) is 0 Å². The normalized spacial score (nSPS) is 11.4. The van der Waals surface area contributed by atoms with E-state index in [0.717, 1.165) is 5.56 Å². The summed E-state index contributed by atoms with van der Waals surface area (Å²) in [4.78, 5) is 0. The fourth-order valence-corrected chi connectivity index (χ4v) is 1.64. The maximum Gasteiger partial charge on any atom is 0.231 e. The second-order valence-electron chi connectivity index (χ2n) is 3.28. The minimum atomic E-state index is -3.19. The van der Waals surface area contributed by atoms with Crippen molar-refractivity contribution in [1.29, 1.82) is 0 Å². The number of hydrogen-bond donors (Lipinski definition) is 2. The standard InChI is InChI=1S/C9H15N3O2S/c1-12(15(2,13)14)9-5-3-8(4-6-9)7-11-10/h3-6,11H,7,10H2,1-2H3. The van der Waals surface area contributed by atoms with Crippen LogP contribution in [0.3, 0.4) is 0 Å². The molecular weight excluding hydrogens is 214 g/mol. The van der Waals surface area contributed by atoms with Gasteiger partial charge in [-0.2, -0.15) is 0 Å². The molecule has 0 radical (unpaired) electrons.